The molecule has 1 unspecified atom stereocenters. The minimum atomic E-state index is 0. The molecule has 0 bridgehead atoms. The van der Waals surface area contributed by atoms with Crippen LogP contribution in [0.25, 0.3) is 0 Å². The van der Waals surface area contributed by atoms with E-state index in [0.717, 1.165) is 44.2 Å². The first-order valence-electron chi connectivity index (χ1n) is 9.94. The number of unbranched alkanes of at least 4 members (excludes halogenated alkanes) is 1. The number of hydrogen-bond donors (Lipinski definition) is 1. The Balaban J connectivity index is 0.00000312. The maximum atomic E-state index is 5.71. The SMILES string of the molecule is CN=C(NCCCCN1CCCCC1C)N(C)CCOCC1CC1.I. The van der Waals surface area contributed by atoms with Crippen LogP contribution in [0.2, 0.25) is 0 Å². The molecule has 0 radical (unpaired) electrons. The van der Waals surface area contributed by atoms with Crippen LogP contribution in [0, 0.1) is 5.92 Å². The van der Waals surface area contributed by atoms with E-state index < -0.39 is 0 Å². The van der Waals surface area contributed by atoms with Gasteiger partial charge in [0.15, 0.2) is 5.96 Å². The summed E-state index contributed by atoms with van der Waals surface area (Å²) < 4.78 is 5.71. The second-order valence-corrected chi connectivity index (χ2v) is 7.50. The molecule has 0 spiro atoms. The Hall–Kier alpha value is -0.0800. The fourth-order valence-electron chi connectivity index (χ4n) is 3.36. The monoisotopic (exact) mass is 466 g/mol. The van der Waals surface area contributed by atoms with Gasteiger partial charge in [-0.1, -0.05) is 6.42 Å². The molecule has 1 heterocycles. The average Bonchev–Trinajstić information content (AvgIpc) is 3.40. The number of piperidine rings is 1. The van der Waals surface area contributed by atoms with E-state index in [1.54, 1.807) is 0 Å². The Morgan fingerprint density at radius 1 is 1.24 bits per heavy atom. The molecule has 1 aliphatic heterocycles. The topological polar surface area (TPSA) is 40.1 Å². The van der Waals surface area contributed by atoms with Crippen LogP contribution in [0.5, 0.6) is 0 Å². The molecule has 25 heavy (non-hydrogen) atoms. The molecule has 5 nitrogen and oxygen atoms in total. The van der Waals surface area contributed by atoms with Crippen molar-refractivity contribution in [2.24, 2.45) is 10.9 Å². The summed E-state index contributed by atoms with van der Waals surface area (Å²) in [6, 6.07) is 0.779. The molecular weight excluding hydrogens is 427 g/mol. The molecule has 0 aromatic heterocycles. The van der Waals surface area contributed by atoms with Gasteiger partial charge in [-0.15, -0.1) is 24.0 Å². The number of aliphatic imine (C=N–C) groups is 1. The zero-order valence-electron chi connectivity index (χ0n) is 16.5. The van der Waals surface area contributed by atoms with Crippen molar-refractivity contribution in [2.75, 3.05) is 53.5 Å². The Morgan fingerprint density at radius 3 is 2.72 bits per heavy atom. The summed E-state index contributed by atoms with van der Waals surface area (Å²) in [7, 11) is 3.95. The summed E-state index contributed by atoms with van der Waals surface area (Å²) >= 11 is 0. The minimum Gasteiger partial charge on any atom is -0.379 e. The van der Waals surface area contributed by atoms with Crippen molar-refractivity contribution in [1.29, 1.82) is 0 Å². The van der Waals surface area contributed by atoms with Crippen LogP contribution in [0.1, 0.15) is 51.9 Å². The van der Waals surface area contributed by atoms with Crippen LogP contribution >= 0.6 is 24.0 Å². The van der Waals surface area contributed by atoms with E-state index >= 15 is 0 Å². The highest BCUT2D eigenvalue weighted by Gasteiger charge is 2.21. The van der Waals surface area contributed by atoms with E-state index in [4.69, 9.17) is 4.74 Å². The van der Waals surface area contributed by atoms with Crippen molar-refractivity contribution >= 4 is 29.9 Å². The Kier molecular flexibility index (Phi) is 12.1. The summed E-state index contributed by atoms with van der Waals surface area (Å²) in [4.78, 5) is 9.20. The van der Waals surface area contributed by atoms with Crippen molar-refractivity contribution in [3.05, 3.63) is 0 Å². The Bertz CT molecular complexity index is 376. The van der Waals surface area contributed by atoms with Gasteiger partial charge in [0.25, 0.3) is 0 Å². The van der Waals surface area contributed by atoms with Crippen molar-refractivity contribution < 1.29 is 4.74 Å². The fraction of sp³-hybridized carbons (Fsp3) is 0.947. The summed E-state index contributed by atoms with van der Waals surface area (Å²) in [5, 5.41) is 3.48. The van der Waals surface area contributed by atoms with Crippen molar-refractivity contribution in [3.63, 3.8) is 0 Å². The van der Waals surface area contributed by atoms with Gasteiger partial charge in [0, 0.05) is 39.8 Å². The normalized spacial score (nSPS) is 21.7. The van der Waals surface area contributed by atoms with Gasteiger partial charge in [0.2, 0.25) is 0 Å². The first-order valence-corrected chi connectivity index (χ1v) is 9.94. The van der Waals surface area contributed by atoms with Gasteiger partial charge < -0.3 is 19.9 Å². The zero-order valence-corrected chi connectivity index (χ0v) is 18.8. The predicted molar refractivity (Wildman–Crippen MR) is 117 cm³/mol. The van der Waals surface area contributed by atoms with Gasteiger partial charge in [0.05, 0.1) is 6.61 Å². The summed E-state index contributed by atoms with van der Waals surface area (Å²) in [5.41, 5.74) is 0. The fourth-order valence-corrected chi connectivity index (χ4v) is 3.36. The molecule has 148 valence electrons. The van der Waals surface area contributed by atoms with Gasteiger partial charge in [-0.3, -0.25) is 4.99 Å². The largest absolute Gasteiger partial charge is 0.379 e. The molecule has 1 saturated heterocycles. The molecule has 2 fully saturated rings. The molecule has 0 aromatic rings. The average molecular weight is 466 g/mol. The van der Waals surface area contributed by atoms with Crippen LogP contribution in [0.15, 0.2) is 4.99 Å². The highest BCUT2D eigenvalue weighted by atomic mass is 127. The number of likely N-dealkylation sites (N-methyl/N-ethyl adjacent to an activating group) is 1. The van der Waals surface area contributed by atoms with Crippen molar-refractivity contribution in [3.8, 4) is 0 Å². The second-order valence-electron chi connectivity index (χ2n) is 7.50. The molecule has 0 aromatic carbocycles. The molecule has 2 rings (SSSR count). The lowest BCUT2D eigenvalue weighted by Gasteiger charge is -2.33. The van der Waals surface area contributed by atoms with Crippen molar-refractivity contribution in [1.82, 2.24) is 15.1 Å². The van der Waals surface area contributed by atoms with Gasteiger partial charge in [-0.05, 0) is 64.5 Å². The number of nitrogens with one attached hydrogen (secondary N) is 1. The maximum absolute atomic E-state index is 5.71. The van der Waals surface area contributed by atoms with E-state index in [-0.39, 0.29) is 24.0 Å². The lowest BCUT2D eigenvalue weighted by atomic mass is 10.0. The molecule has 0 amide bonds. The lowest BCUT2D eigenvalue weighted by molar-refractivity contribution is 0.115. The number of guanidine groups is 1. The van der Waals surface area contributed by atoms with Gasteiger partial charge in [0.1, 0.15) is 0 Å². The van der Waals surface area contributed by atoms with E-state index in [2.05, 4.69) is 34.1 Å². The highest BCUT2D eigenvalue weighted by molar-refractivity contribution is 14.0. The Labute approximate surface area is 172 Å². The minimum absolute atomic E-state index is 0. The standard InChI is InChI=1S/C19H38N4O.HI/c1-17-8-4-6-12-23(17)13-7-5-11-21-19(20-2)22(3)14-15-24-16-18-9-10-18;/h17-18H,4-16H2,1-3H3,(H,20,21);1H. The first kappa shape index (κ1) is 23.0. The first-order chi connectivity index (χ1) is 11.7. The van der Waals surface area contributed by atoms with Crippen LogP contribution < -0.4 is 5.32 Å². The molecule has 2 aliphatic rings. The van der Waals surface area contributed by atoms with E-state index in [1.807, 2.05) is 7.05 Å². The van der Waals surface area contributed by atoms with Gasteiger partial charge in [-0.2, -0.15) is 0 Å². The van der Waals surface area contributed by atoms with Gasteiger partial charge in [-0.25, -0.2) is 0 Å². The van der Waals surface area contributed by atoms with Gasteiger partial charge >= 0.3 is 0 Å². The van der Waals surface area contributed by atoms with E-state index in [0.29, 0.717) is 0 Å². The van der Waals surface area contributed by atoms with E-state index in [9.17, 15) is 0 Å². The molecule has 1 atom stereocenters. The summed E-state index contributed by atoms with van der Waals surface area (Å²) in [6.07, 6.45) is 9.34. The number of halogens is 1. The second kappa shape index (κ2) is 13.1. The molecule has 1 aliphatic carbocycles. The van der Waals surface area contributed by atoms with Crippen LogP contribution in [-0.2, 0) is 4.74 Å². The summed E-state index contributed by atoms with van der Waals surface area (Å²) in [5.74, 6) is 1.83. The number of hydrogen-bond acceptors (Lipinski definition) is 3. The number of likely N-dealkylation sites (tertiary alicyclic amines) is 1. The molecular formula is C19H39IN4O. The number of rotatable bonds is 10. The third-order valence-electron chi connectivity index (χ3n) is 5.29. The van der Waals surface area contributed by atoms with Crippen LogP contribution in [0.3, 0.4) is 0 Å². The molecule has 1 saturated carbocycles. The van der Waals surface area contributed by atoms with Crippen molar-refractivity contribution in [2.45, 2.75) is 57.9 Å². The maximum Gasteiger partial charge on any atom is 0.193 e. The molecule has 1 N–H and O–H groups in total. The van der Waals surface area contributed by atoms with E-state index in [1.165, 1.54) is 58.0 Å². The van der Waals surface area contributed by atoms with Crippen LogP contribution in [0.4, 0.5) is 0 Å². The number of ether oxygens (including phenoxy) is 1. The highest BCUT2D eigenvalue weighted by Crippen LogP contribution is 2.28. The third kappa shape index (κ3) is 9.43. The lowest BCUT2D eigenvalue weighted by Crippen LogP contribution is -2.41. The smallest absolute Gasteiger partial charge is 0.193 e. The third-order valence-corrected chi connectivity index (χ3v) is 5.29. The summed E-state index contributed by atoms with van der Waals surface area (Å²) in [6.45, 7) is 8.54. The quantitative estimate of drug-likeness (QED) is 0.232. The number of nitrogens with zero attached hydrogens (tertiary/aromatic N) is 3. The van der Waals surface area contributed by atoms with Crippen LogP contribution in [-0.4, -0.2) is 75.3 Å². The molecule has 6 heteroatoms. The predicted octanol–water partition coefficient (Wildman–Crippen LogP) is 3.19. The zero-order chi connectivity index (χ0) is 17.2. The Morgan fingerprint density at radius 2 is 2.04 bits per heavy atom.